The Balaban J connectivity index is 1.52. The van der Waals surface area contributed by atoms with Crippen molar-refractivity contribution in [2.75, 3.05) is 36.4 Å². The van der Waals surface area contributed by atoms with E-state index in [1.807, 2.05) is 18.7 Å². The summed E-state index contributed by atoms with van der Waals surface area (Å²) < 4.78 is 48.4. The van der Waals surface area contributed by atoms with Gasteiger partial charge in [-0.2, -0.15) is 4.31 Å². The van der Waals surface area contributed by atoms with Crippen molar-refractivity contribution in [3.63, 3.8) is 0 Å². The monoisotopic (exact) mass is 489 g/mol. The number of carbonyl (C=O) groups is 1. The van der Waals surface area contributed by atoms with Gasteiger partial charge in [-0.15, -0.1) is 0 Å². The third-order valence-corrected chi connectivity index (χ3v) is 8.39. The lowest BCUT2D eigenvalue weighted by Crippen LogP contribution is -2.45. The molecular formula is C25H32FN3O4S. The van der Waals surface area contributed by atoms with E-state index in [2.05, 4.69) is 5.32 Å². The van der Waals surface area contributed by atoms with Gasteiger partial charge in [0.15, 0.2) is 0 Å². The van der Waals surface area contributed by atoms with Gasteiger partial charge >= 0.3 is 0 Å². The van der Waals surface area contributed by atoms with Gasteiger partial charge in [-0.05, 0) is 69.5 Å². The molecule has 2 heterocycles. The number of hydrogen-bond acceptors (Lipinski definition) is 5. The van der Waals surface area contributed by atoms with E-state index in [0.29, 0.717) is 43.1 Å². The summed E-state index contributed by atoms with van der Waals surface area (Å²) in [6.07, 6.45) is 2.69. The third-order valence-electron chi connectivity index (χ3n) is 6.35. The number of carbonyl (C=O) groups excluding carboxylic acids is 1. The van der Waals surface area contributed by atoms with Crippen LogP contribution in [0.2, 0.25) is 0 Å². The zero-order valence-corrected chi connectivity index (χ0v) is 20.7. The van der Waals surface area contributed by atoms with Crippen LogP contribution >= 0.6 is 0 Å². The Morgan fingerprint density at radius 3 is 2.35 bits per heavy atom. The predicted molar refractivity (Wildman–Crippen MR) is 130 cm³/mol. The van der Waals surface area contributed by atoms with E-state index in [0.717, 1.165) is 19.3 Å². The Morgan fingerprint density at radius 1 is 1.03 bits per heavy atom. The number of nitrogens with zero attached hydrogens (tertiary/aromatic N) is 2. The summed E-state index contributed by atoms with van der Waals surface area (Å²) in [5.41, 5.74) is 1.57. The third kappa shape index (κ3) is 5.26. The highest BCUT2D eigenvalue weighted by atomic mass is 32.2. The van der Waals surface area contributed by atoms with Crippen LogP contribution in [0.1, 0.15) is 49.0 Å². The second-order valence-corrected chi connectivity index (χ2v) is 11.1. The van der Waals surface area contributed by atoms with Crippen molar-refractivity contribution in [3.05, 3.63) is 53.3 Å². The fourth-order valence-electron chi connectivity index (χ4n) is 4.68. The largest absolute Gasteiger partial charge is 0.372 e. The van der Waals surface area contributed by atoms with Crippen LogP contribution in [0.5, 0.6) is 0 Å². The summed E-state index contributed by atoms with van der Waals surface area (Å²) in [5.74, 6) is -0.924. The summed E-state index contributed by atoms with van der Waals surface area (Å²) in [5, 5.41) is 2.69. The van der Waals surface area contributed by atoms with E-state index >= 15 is 0 Å². The number of aryl methyl sites for hydroxylation is 1. The second-order valence-electron chi connectivity index (χ2n) is 9.23. The summed E-state index contributed by atoms with van der Waals surface area (Å²) in [6, 6.07) is 9.22. The molecule has 2 aromatic carbocycles. The van der Waals surface area contributed by atoms with Crippen molar-refractivity contribution in [2.45, 2.75) is 57.1 Å². The highest BCUT2D eigenvalue weighted by Gasteiger charge is 2.28. The van der Waals surface area contributed by atoms with Gasteiger partial charge in [0.25, 0.3) is 5.91 Å². The Labute approximate surface area is 200 Å². The molecule has 0 spiro atoms. The Morgan fingerprint density at radius 2 is 1.71 bits per heavy atom. The van der Waals surface area contributed by atoms with Gasteiger partial charge in [-0.1, -0.05) is 12.5 Å². The van der Waals surface area contributed by atoms with Crippen LogP contribution in [0.15, 0.2) is 41.3 Å². The molecule has 4 rings (SSSR count). The predicted octanol–water partition coefficient (Wildman–Crippen LogP) is 4.17. The normalized spacial score (nSPS) is 21.9. The van der Waals surface area contributed by atoms with E-state index in [1.165, 1.54) is 16.4 Å². The van der Waals surface area contributed by atoms with E-state index in [-0.39, 0.29) is 22.7 Å². The van der Waals surface area contributed by atoms with Gasteiger partial charge in [-0.25, -0.2) is 12.8 Å². The van der Waals surface area contributed by atoms with Crippen LogP contribution in [0, 0.1) is 12.7 Å². The van der Waals surface area contributed by atoms with Crippen molar-refractivity contribution >= 4 is 27.3 Å². The van der Waals surface area contributed by atoms with Crippen LogP contribution in [-0.4, -0.2) is 57.0 Å². The molecule has 2 aliphatic heterocycles. The minimum atomic E-state index is -3.68. The zero-order valence-electron chi connectivity index (χ0n) is 19.9. The average molecular weight is 490 g/mol. The SMILES string of the molecule is Cc1ccc(C(=O)Nc2ccc(N3CC(C)OC(C)C3)c(F)c2)cc1S(=O)(=O)N1CCCCC1. The molecule has 0 aromatic heterocycles. The number of morpholine rings is 1. The molecule has 9 heteroatoms. The van der Waals surface area contributed by atoms with E-state index in [1.54, 1.807) is 31.2 Å². The number of piperidine rings is 1. The van der Waals surface area contributed by atoms with Gasteiger partial charge in [0.05, 0.1) is 22.8 Å². The molecule has 184 valence electrons. The zero-order chi connectivity index (χ0) is 24.5. The van der Waals surface area contributed by atoms with Crippen LogP contribution in [-0.2, 0) is 14.8 Å². The number of hydrogen-bond donors (Lipinski definition) is 1. The first-order chi connectivity index (χ1) is 16.1. The molecule has 1 N–H and O–H groups in total. The number of benzene rings is 2. The lowest BCUT2D eigenvalue weighted by Gasteiger charge is -2.37. The highest BCUT2D eigenvalue weighted by Crippen LogP contribution is 2.28. The minimum absolute atomic E-state index is 0.000483. The molecular weight excluding hydrogens is 457 g/mol. The molecule has 2 fully saturated rings. The fourth-order valence-corrected chi connectivity index (χ4v) is 6.45. The molecule has 2 saturated heterocycles. The van der Waals surface area contributed by atoms with Crippen LogP contribution in [0.25, 0.3) is 0 Å². The number of anilines is 2. The summed E-state index contributed by atoms with van der Waals surface area (Å²) in [4.78, 5) is 15.0. The minimum Gasteiger partial charge on any atom is -0.372 e. The van der Waals surface area contributed by atoms with E-state index < -0.39 is 21.7 Å². The summed E-state index contributed by atoms with van der Waals surface area (Å²) in [7, 11) is -3.68. The van der Waals surface area contributed by atoms with Gasteiger partial charge in [0.1, 0.15) is 5.82 Å². The molecule has 0 aliphatic carbocycles. The lowest BCUT2D eigenvalue weighted by molar-refractivity contribution is -0.00539. The van der Waals surface area contributed by atoms with Crippen molar-refractivity contribution < 1.29 is 22.3 Å². The van der Waals surface area contributed by atoms with E-state index in [4.69, 9.17) is 4.74 Å². The molecule has 2 unspecified atom stereocenters. The van der Waals surface area contributed by atoms with Crippen LogP contribution in [0.4, 0.5) is 15.8 Å². The van der Waals surface area contributed by atoms with Crippen molar-refractivity contribution in [1.29, 1.82) is 0 Å². The molecule has 2 aliphatic rings. The van der Waals surface area contributed by atoms with Gasteiger partial charge < -0.3 is 15.0 Å². The highest BCUT2D eigenvalue weighted by molar-refractivity contribution is 7.89. The Hall–Kier alpha value is -2.49. The van der Waals surface area contributed by atoms with Crippen molar-refractivity contribution in [1.82, 2.24) is 4.31 Å². The summed E-state index contributed by atoms with van der Waals surface area (Å²) >= 11 is 0. The number of amides is 1. The topological polar surface area (TPSA) is 79.0 Å². The van der Waals surface area contributed by atoms with Crippen LogP contribution in [0.3, 0.4) is 0 Å². The quantitative estimate of drug-likeness (QED) is 0.682. The van der Waals surface area contributed by atoms with Gasteiger partial charge in [0, 0.05) is 37.4 Å². The number of nitrogens with one attached hydrogen (secondary N) is 1. The molecule has 0 bridgehead atoms. The second kappa shape index (κ2) is 10.0. The molecule has 1 amide bonds. The molecule has 0 radical (unpaired) electrons. The number of rotatable bonds is 5. The first-order valence-electron chi connectivity index (χ1n) is 11.8. The number of sulfonamides is 1. The molecule has 2 atom stereocenters. The standard InChI is InChI=1S/C25H32FN3O4S/c1-17-7-8-20(13-24(17)34(31,32)29-11-5-4-6-12-29)25(30)27-21-9-10-23(22(26)14-21)28-15-18(2)33-19(3)16-28/h7-10,13-14,18-19H,4-6,11-12,15-16H2,1-3H3,(H,27,30). The lowest BCUT2D eigenvalue weighted by atomic mass is 10.1. The van der Waals surface area contributed by atoms with Gasteiger partial charge in [-0.3, -0.25) is 4.79 Å². The van der Waals surface area contributed by atoms with Gasteiger partial charge in [0.2, 0.25) is 10.0 Å². The van der Waals surface area contributed by atoms with Crippen molar-refractivity contribution in [2.24, 2.45) is 0 Å². The molecule has 2 aromatic rings. The average Bonchev–Trinajstić information content (AvgIpc) is 2.79. The molecule has 7 nitrogen and oxygen atoms in total. The smallest absolute Gasteiger partial charge is 0.255 e. The van der Waals surface area contributed by atoms with E-state index in [9.17, 15) is 17.6 Å². The first kappa shape index (κ1) is 24.6. The molecule has 34 heavy (non-hydrogen) atoms. The Bertz CT molecular complexity index is 1150. The maximum Gasteiger partial charge on any atom is 0.255 e. The first-order valence-corrected chi connectivity index (χ1v) is 13.2. The maximum absolute atomic E-state index is 14.9. The molecule has 0 saturated carbocycles. The Kier molecular flexibility index (Phi) is 7.25. The summed E-state index contributed by atoms with van der Waals surface area (Å²) in [6.45, 7) is 7.79. The fraction of sp³-hybridized carbons (Fsp3) is 0.480. The number of ether oxygens (including phenoxy) is 1. The van der Waals surface area contributed by atoms with Crippen LogP contribution < -0.4 is 10.2 Å². The van der Waals surface area contributed by atoms with Crippen molar-refractivity contribution in [3.8, 4) is 0 Å². The number of halogens is 1. The maximum atomic E-state index is 14.9.